The lowest BCUT2D eigenvalue weighted by Gasteiger charge is -2.13. The third-order valence-electron chi connectivity index (χ3n) is 4.03. The van der Waals surface area contributed by atoms with Crippen molar-refractivity contribution in [2.45, 2.75) is 23.6 Å². The summed E-state index contributed by atoms with van der Waals surface area (Å²) in [7, 11) is 0. The maximum absolute atomic E-state index is 13.4. The van der Waals surface area contributed by atoms with E-state index < -0.39 is 11.7 Å². The molecule has 0 N–H and O–H groups in total. The maximum atomic E-state index is 13.4. The first-order valence-corrected chi connectivity index (χ1v) is 9.85. The molecule has 13 heteroatoms. The molecule has 0 spiro atoms. The molecule has 0 fully saturated rings. The van der Waals surface area contributed by atoms with Crippen molar-refractivity contribution in [1.29, 1.82) is 0 Å². The molecule has 0 radical (unpaired) electrons. The molecule has 4 rings (SSSR count). The van der Waals surface area contributed by atoms with Crippen LogP contribution in [0.15, 0.2) is 53.7 Å². The number of nitrogens with zero attached hydrogens (tertiary/aromatic N) is 8. The summed E-state index contributed by atoms with van der Waals surface area (Å²) in [5.41, 5.74) is -0.133. The first-order valence-electron chi connectivity index (χ1n) is 8.49. The van der Waals surface area contributed by atoms with Gasteiger partial charge >= 0.3 is 6.18 Å². The minimum absolute atomic E-state index is 0.0323. The Bertz CT molecular complexity index is 1150. The van der Waals surface area contributed by atoms with E-state index in [4.69, 9.17) is 11.6 Å². The van der Waals surface area contributed by atoms with Gasteiger partial charge in [0.1, 0.15) is 0 Å². The average molecular weight is 453 g/mol. The van der Waals surface area contributed by atoms with Crippen molar-refractivity contribution in [3.05, 3.63) is 70.5 Å². The van der Waals surface area contributed by atoms with E-state index in [0.717, 1.165) is 16.3 Å². The number of aromatic nitrogens is 8. The predicted octanol–water partition coefficient (Wildman–Crippen LogP) is 3.66. The Morgan fingerprint density at radius 3 is 2.50 bits per heavy atom. The molecule has 0 aliphatic heterocycles. The van der Waals surface area contributed by atoms with Crippen molar-refractivity contribution in [3.8, 4) is 5.69 Å². The van der Waals surface area contributed by atoms with Gasteiger partial charge in [0.05, 0.1) is 23.5 Å². The highest BCUT2D eigenvalue weighted by atomic mass is 35.5. The first-order chi connectivity index (χ1) is 14.4. The second-order valence-corrected chi connectivity index (χ2v) is 7.44. The minimum atomic E-state index is -4.61. The lowest BCUT2D eigenvalue weighted by Crippen LogP contribution is -2.13. The molecular formula is C17H12ClF3N8S. The fourth-order valence-corrected chi connectivity index (χ4v) is 3.64. The zero-order valence-corrected chi connectivity index (χ0v) is 16.6. The van der Waals surface area contributed by atoms with Gasteiger partial charge in [0.25, 0.3) is 0 Å². The Morgan fingerprint density at radius 1 is 0.967 bits per heavy atom. The van der Waals surface area contributed by atoms with Gasteiger partial charge in [0, 0.05) is 5.02 Å². The lowest BCUT2D eigenvalue weighted by molar-refractivity contribution is -0.137. The average Bonchev–Trinajstić information content (AvgIpc) is 3.36. The highest BCUT2D eigenvalue weighted by molar-refractivity contribution is 7.98. The summed E-state index contributed by atoms with van der Waals surface area (Å²) >= 11 is 6.96. The third kappa shape index (κ3) is 4.44. The second kappa shape index (κ2) is 8.40. The molecule has 2 heterocycles. The molecule has 30 heavy (non-hydrogen) atoms. The molecule has 0 unspecified atom stereocenters. The Kier molecular flexibility index (Phi) is 5.68. The molecule has 0 atom stereocenters. The van der Waals surface area contributed by atoms with Crippen molar-refractivity contribution < 1.29 is 13.2 Å². The summed E-state index contributed by atoms with van der Waals surface area (Å²) in [4.78, 5) is 0. The van der Waals surface area contributed by atoms with Crippen LogP contribution in [0, 0.1) is 0 Å². The van der Waals surface area contributed by atoms with Crippen molar-refractivity contribution in [2.75, 3.05) is 0 Å². The topological polar surface area (TPSA) is 87.2 Å². The Balaban J connectivity index is 1.56. The first kappa shape index (κ1) is 20.3. The molecule has 0 aliphatic carbocycles. The van der Waals surface area contributed by atoms with Crippen LogP contribution in [0.25, 0.3) is 5.69 Å². The summed E-state index contributed by atoms with van der Waals surface area (Å²) in [6.07, 6.45) is -4.61. The molecule has 0 bridgehead atoms. The van der Waals surface area contributed by atoms with Crippen LogP contribution in [-0.2, 0) is 18.5 Å². The van der Waals surface area contributed by atoms with Gasteiger partial charge in [-0.3, -0.25) is 0 Å². The van der Waals surface area contributed by atoms with E-state index in [0.29, 0.717) is 11.7 Å². The van der Waals surface area contributed by atoms with Crippen LogP contribution in [0.5, 0.6) is 0 Å². The number of thioether (sulfide) groups is 1. The van der Waals surface area contributed by atoms with Gasteiger partial charge < -0.3 is 0 Å². The van der Waals surface area contributed by atoms with E-state index in [9.17, 15) is 13.2 Å². The highest BCUT2D eigenvalue weighted by Gasteiger charge is 2.35. The minimum Gasteiger partial charge on any atom is -0.216 e. The monoisotopic (exact) mass is 452 g/mol. The van der Waals surface area contributed by atoms with E-state index >= 15 is 0 Å². The fourth-order valence-electron chi connectivity index (χ4n) is 2.69. The molecule has 8 nitrogen and oxygen atoms in total. The second-order valence-electron chi connectivity index (χ2n) is 6.06. The molecular weight excluding hydrogens is 441 g/mol. The fraction of sp³-hybridized carbons (Fsp3) is 0.176. The number of halogens is 4. The van der Waals surface area contributed by atoms with Gasteiger partial charge in [-0.1, -0.05) is 53.7 Å². The summed E-state index contributed by atoms with van der Waals surface area (Å²) < 4.78 is 43.0. The molecule has 0 amide bonds. The predicted molar refractivity (Wildman–Crippen MR) is 102 cm³/mol. The number of tetrazole rings is 2. The largest absolute Gasteiger partial charge is 0.418 e. The standard InChI is InChI=1S/C17H12ClF3N8S/c18-12-6-7-14(13(8-12)17(19,20)21)29-15(22-24-27-29)10-30-16-23-25-26-28(16)9-11-4-2-1-3-5-11/h1-8H,9-10H2. The normalized spacial score (nSPS) is 11.7. The molecule has 0 aliphatic rings. The molecule has 2 aromatic heterocycles. The zero-order valence-electron chi connectivity index (χ0n) is 15.0. The van der Waals surface area contributed by atoms with E-state index in [2.05, 4.69) is 31.1 Å². The van der Waals surface area contributed by atoms with Gasteiger partial charge in [0.2, 0.25) is 5.16 Å². The van der Waals surface area contributed by atoms with Crippen LogP contribution in [0.1, 0.15) is 17.0 Å². The van der Waals surface area contributed by atoms with Gasteiger partial charge in [0.15, 0.2) is 5.82 Å². The van der Waals surface area contributed by atoms with Crippen LogP contribution in [-0.4, -0.2) is 40.4 Å². The van der Waals surface area contributed by atoms with Crippen molar-refractivity contribution in [3.63, 3.8) is 0 Å². The van der Waals surface area contributed by atoms with Gasteiger partial charge in [-0.2, -0.15) is 17.9 Å². The van der Waals surface area contributed by atoms with Crippen LogP contribution >= 0.6 is 23.4 Å². The van der Waals surface area contributed by atoms with E-state index in [-0.39, 0.29) is 22.3 Å². The van der Waals surface area contributed by atoms with Crippen LogP contribution in [0.3, 0.4) is 0 Å². The molecule has 154 valence electrons. The Hall–Kier alpha value is -2.99. The number of benzene rings is 2. The van der Waals surface area contributed by atoms with E-state index in [1.165, 1.54) is 23.9 Å². The summed E-state index contributed by atoms with van der Waals surface area (Å²) in [6.45, 7) is 0.455. The van der Waals surface area contributed by atoms with Gasteiger partial charge in [-0.15, -0.1) is 10.2 Å². The molecule has 0 saturated heterocycles. The number of hydrogen-bond donors (Lipinski definition) is 0. The van der Waals surface area contributed by atoms with Crippen LogP contribution in [0.2, 0.25) is 5.02 Å². The van der Waals surface area contributed by atoms with E-state index in [1.54, 1.807) is 4.68 Å². The van der Waals surface area contributed by atoms with Gasteiger partial charge in [-0.05, 0) is 44.6 Å². The van der Waals surface area contributed by atoms with Crippen molar-refractivity contribution in [2.24, 2.45) is 0 Å². The quantitative estimate of drug-likeness (QED) is 0.412. The van der Waals surface area contributed by atoms with Gasteiger partial charge in [-0.25, -0.2) is 4.68 Å². The maximum Gasteiger partial charge on any atom is 0.418 e. The third-order valence-corrected chi connectivity index (χ3v) is 5.22. The summed E-state index contributed by atoms with van der Waals surface area (Å²) in [6, 6.07) is 13.0. The highest BCUT2D eigenvalue weighted by Crippen LogP contribution is 2.36. The molecule has 0 saturated carbocycles. The van der Waals surface area contributed by atoms with Crippen LogP contribution in [0.4, 0.5) is 13.2 Å². The summed E-state index contributed by atoms with van der Waals surface area (Å²) in [5, 5.41) is 23.2. The van der Waals surface area contributed by atoms with Crippen LogP contribution < -0.4 is 0 Å². The smallest absolute Gasteiger partial charge is 0.216 e. The number of rotatable bonds is 6. The van der Waals surface area contributed by atoms with Crippen molar-refractivity contribution in [1.82, 2.24) is 40.4 Å². The SMILES string of the molecule is FC(F)(F)c1cc(Cl)ccc1-n1nnnc1CSc1nnnn1Cc1ccccc1. The zero-order chi connectivity index (χ0) is 21.1. The number of hydrogen-bond acceptors (Lipinski definition) is 7. The van der Waals surface area contributed by atoms with E-state index in [1.807, 2.05) is 30.3 Å². The molecule has 4 aromatic rings. The Morgan fingerprint density at radius 2 is 1.73 bits per heavy atom. The summed E-state index contributed by atoms with van der Waals surface area (Å²) in [5.74, 6) is 0.365. The number of alkyl halides is 3. The molecule has 2 aromatic carbocycles. The van der Waals surface area contributed by atoms with Crippen molar-refractivity contribution >= 4 is 23.4 Å². The lowest BCUT2D eigenvalue weighted by atomic mass is 10.1. The Labute approximate surface area is 177 Å².